The number of imidazole rings is 4. The van der Waals surface area contributed by atoms with Crippen LogP contribution in [-0.4, -0.2) is 72.5 Å². The first-order valence-corrected chi connectivity index (χ1v) is 11.1. The molecule has 0 saturated carbocycles. The summed E-state index contributed by atoms with van der Waals surface area (Å²) in [6.45, 7) is 4.89. The summed E-state index contributed by atoms with van der Waals surface area (Å²) in [5.41, 5.74) is 5.24. The SMILES string of the molecule is CCn1cnc2c1nc[n+]1cc[n-]c21.CCn1cnc2c1ncn1ccnc21.O.O.O=C[O-].O=C[O-].O=[N+]([O-])[O-].O=[N+]([O-])[O-].[Cu+2].[Cu+2].[OH3+].[OH3+]. The minimum Gasteiger partial charge on any atom is -0.554 e. The van der Waals surface area contributed by atoms with Gasteiger partial charge in [0.15, 0.2) is 33.6 Å². The van der Waals surface area contributed by atoms with Crippen LogP contribution >= 0.6 is 0 Å². The first-order valence-electron chi connectivity index (χ1n) is 11.1. The van der Waals surface area contributed by atoms with Crippen LogP contribution in [0.4, 0.5) is 0 Å². The van der Waals surface area contributed by atoms with E-state index in [1.165, 1.54) is 0 Å². The molecule has 0 fully saturated rings. The second kappa shape index (κ2) is 28.8. The first kappa shape index (κ1) is 54.8. The summed E-state index contributed by atoms with van der Waals surface area (Å²) in [4.78, 5) is 58.8. The van der Waals surface area contributed by atoms with E-state index in [-0.39, 0.29) is 56.0 Å². The number of fused-ring (bicyclic) bond motifs is 6. The average molecular weight is 790 g/mol. The zero-order chi connectivity index (χ0) is 31.7. The molecule has 0 spiro atoms. The molecule has 6 rings (SSSR count). The van der Waals surface area contributed by atoms with Gasteiger partial charge in [-0.2, -0.15) is 0 Å². The quantitative estimate of drug-likeness (QED) is 0.0393. The van der Waals surface area contributed by atoms with Crippen molar-refractivity contribution in [1.29, 1.82) is 0 Å². The topological polar surface area (TPSA) is 439 Å². The minimum absolute atomic E-state index is 0. The monoisotopic (exact) mass is 788 g/mol. The Hall–Kier alpha value is -5.60. The molecule has 0 aromatic carbocycles. The van der Waals surface area contributed by atoms with Crippen molar-refractivity contribution < 1.29 is 90.4 Å². The van der Waals surface area contributed by atoms with E-state index in [2.05, 4.69) is 43.8 Å². The van der Waals surface area contributed by atoms with Crippen LogP contribution in [0.2, 0.25) is 0 Å². The van der Waals surface area contributed by atoms with Crippen molar-refractivity contribution in [1.82, 2.24) is 43.4 Å². The van der Waals surface area contributed by atoms with Gasteiger partial charge in [0.1, 0.15) is 12.7 Å². The standard InChI is InChI=1S/2C9H9N5.2CH2O2.2Cu.2NO3.4H2O/c2*1-2-13-5-11-7-8-10-3-4-14(8)6-12-9(7)13;2*2-1-3;;;2*2-1(3)4;;;;/h2*3-6H,2H2,1H3;2*1H,(H,2,3);;;;;4*1H2/q;;;;2*+2;2*-1;;;;. The molecule has 0 amide bonds. The molecule has 0 atom stereocenters. The molecule has 6 aromatic rings. The molecule has 2 radical (unpaired) electrons. The van der Waals surface area contributed by atoms with Gasteiger partial charge < -0.3 is 81.5 Å². The molecule has 10 N–H and O–H groups in total. The van der Waals surface area contributed by atoms with E-state index in [0.29, 0.717) is 0 Å². The number of carbonyl (C=O) groups excluding carboxylic acids is 2. The Balaban J connectivity index is -0.000000122. The van der Waals surface area contributed by atoms with Gasteiger partial charge in [-0.05, 0) is 13.8 Å². The smallest absolute Gasteiger partial charge is 0.554 e. The van der Waals surface area contributed by atoms with Gasteiger partial charge in [0.2, 0.25) is 0 Å². The summed E-state index contributed by atoms with van der Waals surface area (Å²) in [5.74, 6) is 0. The molecule has 0 aliphatic rings. The van der Waals surface area contributed by atoms with Gasteiger partial charge in [-0.15, -0.1) is 0 Å². The Morgan fingerprint density at radius 1 is 0.771 bits per heavy atom. The molecule has 48 heavy (non-hydrogen) atoms. The summed E-state index contributed by atoms with van der Waals surface area (Å²) in [5, 5.41) is 46.0. The average Bonchev–Trinajstić information content (AvgIpc) is 3.73. The molecular formula is C20H30Cu2N12O14+2. The summed E-state index contributed by atoms with van der Waals surface area (Å²) >= 11 is 0. The van der Waals surface area contributed by atoms with Gasteiger partial charge in [-0.25, -0.2) is 29.9 Å². The Kier molecular flexibility index (Phi) is 33.0. The summed E-state index contributed by atoms with van der Waals surface area (Å²) in [6.07, 6.45) is 14.4. The molecule has 28 heteroatoms. The zero-order valence-electron chi connectivity index (χ0n) is 24.4. The molecule has 0 aliphatic heterocycles. The van der Waals surface area contributed by atoms with Gasteiger partial charge in [-0.3, -0.25) is 8.80 Å². The maximum Gasteiger partial charge on any atom is 2.00 e. The number of hydrogen-bond acceptors (Lipinski definition) is 15. The van der Waals surface area contributed by atoms with Crippen LogP contribution in [0.3, 0.4) is 0 Å². The van der Waals surface area contributed by atoms with Crippen molar-refractivity contribution in [2.24, 2.45) is 0 Å². The van der Waals surface area contributed by atoms with Crippen molar-refractivity contribution in [3.05, 3.63) is 80.7 Å². The van der Waals surface area contributed by atoms with E-state index in [1.54, 1.807) is 37.7 Å². The normalized spacial score (nSPS) is 8.21. The predicted octanol–water partition coefficient (Wildman–Crippen LogP) is -6.00. The molecule has 0 saturated heterocycles. The fourth-order valence-corrected chi connectivity index (χ4v) is 3.21. The number of carboxylic acid groups (broad SMARTS) is 2. The Morgan fingerprint density at radius 2 is 1.21 bits per heavy atom. The third kappa shape index (κ3) is 16.1. The van der Waals surface area contributed by atoms with Crippen molar-refractivity contribution in [2.45, 2.75) is 26.9 Å². The van der Waals surface area contributed by atoms with Gasteiger partial charge in [-0.1, -0.05) is 0 Å². The van der Waals surface area contributed by atoms with Crippen LogP contribution in [0.25, 0.3) is 33.6 Å². The van der Waals surface area contributed by atoms with Crippen LogP contribution in [0.15, 0.2) is 50.1 Å². The second-order valence-corrected chi connectivity index (χ2v) is 6.85. The summed E-state index contributed by atoms with van der Waals surface area (Å²) < 4.78 is 7.75. The maximum absolute atomic E-state index is 8.25. The number of hydrogen-bond donors (Lipinski definition) is 0. The molecule has 274 valence electrons. The fourth-order valence-electron chi connectivity index (χ4n) is 3.21. The Bertz CT molecular complexity index is 1610. The molecule has 0 bridgehead atoms. The van der Waals surface area contributed by atoms with E-state index in [0.717, 1.165) is 46.7 Å². The van der Waals surface area contributed by atoms with Crippen LogP contribution in [0.5, 0.6) is 0 Å². The molecular weight excluding hydrogens is 759 g/mol. The van der Waals surface area contributed by atoms with Gasteiger partial charge >= 0.3 is 34.1 Å². The maximum atomic E-state index is 8.25. The summed E-state index contributed by atoms with van der Waals surface area (Å²) in [6, 6.07) is 0. The second-order valence-electron chi connectivity index (χ2n) is 6.85. The molecule has 6 aromatic heterocycles. The number of nitrogens with zero attached hydrogens (tertiary/aromatic N) is 12. The fraction of sp³-hybridized carbons (Fsp3) is 0.200. The van der Waals surface area contributed by atoms with Crippen molar-refractivity contribution in [2.75, 3.05) is 0 Å². The number of aryl methyl sites for hydroxylation is 2. The van der Waals surface area contributed by atoms with E-state index in [9.17, 15) is 0 Å². The molecule has 0 unspecified atom stereocenters. The van der Waals surface area contributed by atoms with Gasteiger partial charge in [0, 0.05) is 50.8 Å². The van der Waals surface area contributed by atoms with Gasteiger partial charge in [0.05, 0.1) is 22.8 Å². The number of aromatic nitrogens is 10. The van der Waals surface area contributed by atoms with Crippen LogP contribution in [-0.2, 0) is 67.8 Å². The first-order chi connectivity index (χ1) is 20.1. The minimum atomic E-state index is -1.75. The van der Waals surface area contributed by atoms with E-state index in [4.69, 9.17) is 50.4 Å². The third-order valence-electron chi connectivity index (χ3n) is 4.67. The van der Waals surface area contributed by atoms with Gasteiger partial charge in [0.25, 0.3) is 0 Å². The van der Waals surface area contributed by atoms with E-state index >= 15 is 0 Å². The predicted molar refractivity (Wildman–Crippen MR) is 151 cm³/mol. The largest absolute Gasteiger partial charge is 2.00 e. The van der Waals surface area contributed by atoms with E-state index in [1.807, 2.05) is 30.3 Å². The number of carbonyl (C=O) groups is 2. The van der Waals surface area contributed by atoms with Crippen molar-refractivity contribution in [3.8, 4) is 0 Å². The van der Waals surface area contributed by atoms with Crippen LogP contribution < -0.4 is 19.6 Å². The van der Waals surface area contributed by atoms with E-state index < -0.39 is 23.1 Å². The summed E-state index contributed by atoms with van der Waals surface area (Å²) in [7, 11) is 0. The van der Waals surface area contributed by atoms with Crippen LogP contribution in [0, 0.1) is 30.6 Å². The zero-order valence-corrected chi connectivity index (χ0v) is 26.3. The van der Waals surface area contributed by atoms with Crippen molar-refractivity contribution in [3.63, 3.8) is 0 Å². The van der Waals surface area contributed by atoms with Crippen LogP contribution in [0.1, 0.15) is 13.8 Å². The third-order valence-corrected chi connectivity index (χ3v) is 4.67. The Labute approximate surface area is 287 Å². The Morgan fingerprint density at radius 3 is 1.67 bits per heavy atom. The number of rotatable bonds is 2. The molecule has 26 nitrogen and oxygen atoms in total. The molecule has 0 aliphatic carbocycles. The van der Waals surface area contributed by atoms with Crippen molar-refractivity contribution >= 4 is 46.6 Å². The molecule has 6 heterocycles.